The van der Waals surface area contributed by atoms with Crippen molar-refractivity contribution >= 4 is 33.8 Å². The maximum absolute atomic E-state index is 12.6. The van der Waals surface area contributed by atoms with Crippen molar-refractivity contribution in [2.45, 2.75) is 26.8 Å². The molecule has 0 aliphatic rings. The van der Waals surface area contributed by atoms with Crippen molar-refractivity contribution in [3.05, 3.63) is 113 Å². The van der Waals surface area contributed by atoms with Gasteiger partial charge in [-0.15, -0.1) is 0 Å². The highest BCUT2D eigenvalue weighted by Gasteiger charge is 2.14. The molecule has 0 radical (unpaired) electrons. The highest BCUT2D eigenvalue weighted by atomic mass is 16.5. The van der Waals surface area contributed by atoms with Gasteiger partial charge in [-0.05, 0) is 60.0 Å². The van der Waals surface area contributed by atoms with Gasteiger partial charge in [0.15, 0.2) is 0 Å². The van der Waals surface area contributed by atoms with Crippen LogP contribution in [0.15, 0.2) is 96.1 Å². The molecule has 1 amide bonds. The molecule has 4 aromatic carbocycles. The highest BCUT2D eigenvalue weighted by molar-refractivity contribution is 6.02. The number of aromatic nitrogens is 1. The Morgan fingerprint density at radius 3 is 2.44 bits per heavy atom. The van der Waals surface area contributed by atoms with E-state index in [1.165, 1.54) is 16.3 Å². The molecule has 5 aromatic rings. The van der Waals surface area contributed by atoms with Crippen LogP contribution in [0.5, 0.6) is 5.75 Å². The third-order valence-corrected chi connectivity index (χ3v) is 6.44. The van der Waals surface area contributed by atoms with Crippen molar-refractivity contribution < 1.29 is 9.53 Å². The summed E-state index contributed by atoms with van der Waals surface area (Å²) in [6, 6.07) is 30.3. The number of para-hydroxylation sites is 1. The Morgan fingerprint density at radius 2 is 1.64 bits per heavy atom. The first-order valence-corrected chi connectivity index (χ1v) is 12.3. The molecule has 0 saturated heterocycles. The minimum Gasteiger partial charge on any atom is -0.494 e. The molecule has 36 heavy (non-hydrogen) atoms. The summed E-state index contributed by atoms with van der Waals surface area (Å²) in [5, 5.41) is 7.89. The van der Waals surface area contributed by atoms with Crippen molar-refractivity contribution in [2.75, 3.05) is 6.61 Å². The van der Waals surface area contributed by atoms with Gasteiger partial charge in [0.05, 0.1) is 12.8 Å². The summed E-state index contributed by atoms with van der Waals surface area (Å²) in [4.78, 5) is 12.6. The average Bonchev–Trinajstić information content (AvgIpc) is 3.18. The number of nitrogens with one attached hydrogen (secondary N) is 1. The first-order chi connectivity index (χ1) is 17.7. The van der Waals surface area contributed by atoms with E-state index in [0.29, 0.717) is 12.2 Å². The molecule has 5 heteroatoms. The molecule has 0 fully saturated rings. The van der Waals surface area contributed by atoms with Crippen molar-refractivity contribution in [3.63, 3.8) is 0 Å². The van der Waals surface area contributed by atoms with E-state index in [2.05, 4.69) is 89.6 Å². The largest absolute Gasteiger partial charge is 0.494 e. The molecule has 0 atom stereocenters. The average molecular weight is 476 g/mol. The molecule has 1 heterocycles. The molecule has 0 aliphatic heterocycles. The van der Waals surface area contributed by atoms with E-state index in [4.69, 9.17) is 4.74 Å². The van der Waals surface area contributed by atoms with Gasteiger partial charge in [-0.2, -0.15) is 5.10 Å². The monoisotopic (exact) mass is 475 g/mol. The van der Waals surface area contributed by atoms with Crippen LogP contribution < -0.4 is 10.2 Å². The zero-order valence-corrected chi connectivity index (χ0v) is 20.6. The van der Waals surface area contributed by atoms with E-state index < -0.39 is 0 Å². The number of carbonyl (C=O) groups excluding carboxylic acids is 1. The number of ether oxygens (including phenoxy) is 1. The van der Waals surface area contributed by atoms with E-state index in [9.17, 15) is 4.79 Å². The lowest BCUT2D eigenvalue weighted by Crippen LogP contribution is -2.17. The van der Waals surface area contributed by atoms with Crippen LogP contribution in [0.25, 0.3) is 21.7 Å². The molecule has 5 nitrogen and oxygen atoms in total. The summed E-state index contributed by atoms with van der Waals surface area (Å²) in [5.41, 5.74) is 7.69. The first-order valence-electron chi connectivity index (χ1n) is 12.3. The molecule has 0 unspecified atom stereocenters. The topological polar surface area (TPSA) is 55.6 Å². The van der Waals surface area contributed by atoms with Crippen LogP contribution in [0, 0.1) is 6.92 Å². The number of hydrazone groups is 1. The molecule has 0 bridgehead atoms. The fourth-order valence-electron chi connectivity index (χ4n) is 4.57. The number of fused-ring (bicyclic) bond motifs is 2. The smallest absolute Gasteiger partial charge is 0.271 e. The molecule has 1 aromatic heterocycles. The molecule has 0 aliphatic carbocycles. The zero-order chi connectivity index (χ0) is 24.9. The normalized spacial score (nSPS) is 11.4. The van der Waals surface area contributed by atoms with E-state index in [-0.39, 0.29) is 5.91 Å². The van der Waals surface area contributed by atoms with Gasteiger partial charge < -0.3 is 9.30 Å². The van der Waals surface area contributed by atoms with Crippen molar-refractivity contribution in [1.82, 2.24) is 9.99 Å². The number of rotatable bonds is 8. The minimum absolute atomic E-state index is 0.259. The van der Waals surface area contributed by atoms with E-state index in [1.807, 2.05) is 6.07 Å². The van der Waals surface area contributed by atoms with Crippen LogP contribution in [-0.4, -0.2) is 23.3 Å². The number of amides is 1. The van der Waals surface area contributed by atoms with Crippen LogP contribution in [0.1, 0.15) is 40.5 Å². The predicted octanol–water partition coefficient (Wildman–Crippen LogP) is 6.70. The maximum Gasteiger partial charge on any atom is 0.271 e. The quantitative estimate of drug-likeness (QED) is 0.200. The van der Waals surface area contributed by atoms with Crippen LogP contribution in [-0.2, 0) is 6.54 Å². The summed E-state index contributed by atoms with van der Waals surface area (Å²) in [6.07, 6.45) is 2.68. The van der Waals surface area contributed by atoms with Crippen molar-refractivity contribution in [1.29, 1.82) is 0 Å². The second-order valence-corrected chi connectivity index (χ2v) is 8.81. The Hall–Kier alpha value is -4.38. The second-order valence-electron chi connectivity index (χ2n) is 8.81. The van der Waals surface area contributed by atoms with E-state index >= 15 is 0 Å². The third-order valence-electron chi connectivity index (χ3n) is 6.44. The Kier molecular flexibility index (Phi) is 6.80. The summed E-state index contributed by atoms with van der Waals surface area (Å²) < 4.78 is 7.90. The molecular formula is C31H29N3O2. The molecular weight excluding hydrogens is 446 g/mol. The molecule has 0 spiro atoms. The fraction of sp³-hybridized carbons (Fsp3) is 0.161. The molecule has 1 N–H and O–H groups in total. The lowest BCUT2D eigenvalue weighted by atomic mass is 10.0. The number of nitrogens with zero attached hydrogens (tertiary/aromatic N) is 2. The molecule has 180 valence electrons. The Morgan fingerprint density at radius 1 is 0.917 bits per heavy atom. The Bertz CT molecular complexity index is 1540. The lowest BCUT2D eigenvalue weighted by Gasteiger charge is -2.11. The zero-order valence-electron chi connectivity index (χ0n) is 20.6. The van der Waals surface area contributed by atoms with Crippen molar-refractivity contribution in [2.24, 2.45) is 5.10 Å². The number of carbonyl (C=O) groups is 1. The predicted molar refractivity (Wildman–Crippen MR) is 147 cm³/mol. The third kappa shape index (κ3) is 4.73. The van der Waals surface area contributed by atoms with Gasteiger partial charge in [-0.1, -0.05) is 67.6 Å². The fourth-order valence-corrected chi connectivity index (χ4v) is 4.57. The van der Waals surface area contributed by atoms with Crippen LogP contribution >= 0.6 is 0 Å². The van der Waals surface area contributed by atoms with Gasteiger partial charge in [-0.25, -0.2) is 5.43 Å². The van der Waals surface area contributed by atoms with Crippen LogP contribution in [0.4, 0.5) is 0 Å². The Labute approximate surface area is 211 Å². The van der Waals surface area contributed by atoms with Gasteiger partial charge in [0.2, 0.25) is 0 Å². The van der Waals surface area contributed by atoms with Crippen molar-refractivity contribution in [3.8, 4) is 5.75 Å². The lowest BCUT2D eigenvalue weighted by molar-refractivity contribution is 0.0955. The summed E-state index contributed by atoms with van der Waals surface area (Å²) in [5.74, 6) is 0.497. The van der Waals surface area contributed by atoms with Gasteiger partial charge in [-0.3, -0.25) is 4.79 Å². The van der Waals surface area contributed by atoms with Gasteiger partial charge in [0.1, 0.15) is 5.75 Å². The molecule has 0 saturated carbocycles. The summed E-state index contributed by atoms with van der Waals surface area (Å²) in [6.45, 7) is 5.57. The Balaban J connectivity index is 1.39. The van der Waals surface area contributed by atoms with E-state index in [1.54, 1.807) is 30.5 Å². The SMILES string of the molecule is CCCOc1ccc(C(=O)N/N=C/c2c(C)n(Cc3cccc4ccccc34)c3ccccc23)cc1. The molecule has 5 rings (SSSR count). The van der Waals surface area contributed by atoms with Crippen LogP contribution in [0.3, 0.4) is 0 Å². The summed E-state index contributed by atoms with van der Waals surface area (Å²) in [7, 11) is 0. The van der Waals surface area contributed by atoms with Crippen LogP contribution in [0.2, 0.25) is 0 Å². The highest BCUT2D eigenvalue weighted by Crippen LogP contribution is 2.27. The standard InChI is InChI=1S/C31H29N3O2/c1-3-19-36-26-17-15-24(16-18-26)31(35)33-32-20-29-22(2)34(30-14-7-6-13-28(29)30)21-25-11-8-10-23-9-4-5-12-27(23)25/h4-18,20H,3,19,21H2,1-2H3,(H,33,35)/b32-20+. The van der Waals surface area contributed by atoms with Gasteiger partial charge >= 0.3 is 0 Å². The second kappa shape index (κ2) is 10.5. The first kappa shape index (κ1) is 23.4. The van der Waals surface area contributed by atoms with E-state index in [0.717, 1.165) is 40.9 Å². The number of hydrogen-bond donors (Lipinski definition) is 1. The number of hydrogen-bond acceptors (Lipinski definition) is 3. The van der Waals surface area contributed by atoms with Gasteiger partial charge in [0.25, 0.3) is 5.91 Å². The summed E-state index contributed by atoms with van der Waals surface area (Å²) >= 11 is 0. The number of benzene rings is 4. The maximum atomic E-state index is 12.6. The van der Waals surface area contributed by atoms with Gasteiger partial charge in [0, 0.05) is 34.3 Å². The minimum atomic E-state index is -0.259.